The second kappa shape index (κ2) is 9.33. The first kappa shape index (κ1) is 21.9. The van der Waals surface area contributed by atoms with Crippen molar-refractivity contribution in [2.75, 3.05) is 13.2 Å². The quantitative estimate of drug-likeness (QED) is 0.608. The molecule has 0 aliphatic heterocycles. The maximum absolute atomic E-state index is 12.2. The van der Waals surface area contributed by atoms with Gasteiger partial charge in [-0.2, -0.15) is 0 Å². The lowest BCUT2D eigenvalue weighted by Crippen LogP contribution is -2.29. The zero-order chi connectivity index (χ0) is 21.7. The fourth-order valence-corrected chi connectivity index (χ4v) is 4.00. The minimum absolute atomic E-state index is 0.0155. The van der Waals surface area contributed by atoms with Gasteiger partial charge in [0, 0.05) is 12.5 Å². The second-order valence-electron chi connectivity index (χ2n) is 9.18. The van der Waals surface area contributed by atoms with E-state index >= 15 is 0 Å². The van der Waals surface area contributed by atoms with Crippen LogP contribution in [0.2, 0.25) is 0 Å². The molecule has 0 saturated heterocycles. The Morgan fingerprint density at radius 1 is 1.00 bits per heavy atom. The van der Waals surface area contributed by atoms with Gasteiger partial charge in [-0.1, -0.05) is 69.3 Å². The number of benzene rings is 2. The third-order valence-electron chi connectivity index (χ3n) is 5.70. The molecule has 2 N–H and O–H groups in total. The van der Waals surface area contributed by atoms with Crippen LogP contribution in [0, 0.1) is 11.3 Å². The van der Waals surface area contributed by atoms with Crippen LogP contribution in [-0.2, 0) is 9.53 Å². The Morgan fingerprint density at radius 2 is 1.57 bits per heavy atom. The predicted molar refractivity (Wildman–Crippen MR) is 118 cm³/mol. The fraction of sp³-hybridized carbons (Fsp3) is 0.440. The molecule has 5 nitrogen and oxygen atoms in total. The van der Waals surface area contributed by atoms with E-state index < -0.39 is 18.0 Å². The van der Waals surface area contributed by atoms with Crippen molar-refractivity contribution >= 4 is 12.1 Å². The molecular formula is C25H31NO4. The Bertz CT molecular complexity index is 855. The first-order valence-electron chi connectivity index (χ1n) is 10.6. The van der Waals surface area contributed by atoms with Crippen LogP contribution in [0.3, 0.4) is 0 Å². The Labute approximate surface area is 178 Å². The molecule has 0 aromatic heterocycles. The molecule has 160 valence electrons. The SMILES string of the molecule is CC(C)(C)CCC(CCNC(=O)OCC1c2ccccc2-c2ccccc21)C(=O)O. The van der Waals surface area contributed by atoms with E-state index in [1.54, 1.807) is 0 Å². The monoisotopic (exact) mass is 409 g/mol. The molecule has 1 unspecified atom stereocenters. The van der Waals surface area contributed by atoms with E-state index in [4.69, 9.17) is 4.74 Å². The lowest BCUT2D eigenvalue weighted by Gasteiger charge is -2.21. The molecule has 0 heterocycles. The summed E-state index contributed by atoms with van der Waals surface area (Å²) in [7, 11) is 0. The van der Waals surface area contributed by atoms with Crippen LogP contribution in [0.1, 0.15) is 57.1 Å². The molecule has 2 aromatic rings. The summed E-state index contributed by atoms with van der Waals surface area (Å²) in [6, 6.07) is 16.4. The summed E-state index contributed by atoms with van der Waals surface area (Å²) in [6.45, 7) is 6.84. The molecule has 3 rings (SSSR count). The average Bonchev–Trinajstić information content (AvgIpc) is 3.02. The summed E-state index contributed by atoms with van der Waals surface area (Å²) in [6.07, 6.45) is 1.33. The molecule has 2 aromatic carbocycles. The standard InChI is InChI=1S/C25H31NO4/c1-25(2,3)14-12-17(23(27)28)13-15-26-24(29)30-16-22-20-10-6-4-8-18(20)19-9-5-7-11-21(19)22/h4-11,17,22H,12-16H2,1-3H3,(H,26,29)(H,27,28). The highest BCUT2D eigenvalue weighted by molar-refractivity contribution is 5.79. The number of ether oxygens (including phenoxy) is 1. The summed E-state index contributed by atoms with van der Waals surface area (Å²) in [5, 5.41) is 12.1. The van der Waals surface area contributed by atoms with Gasteiger partial charge in [0.05, 0.1) is 5.92 Å². The normalized spacial score (nSPS) is 14.0. The number of aliphatic carboxylic acids is 1. The van der Waals surface area contributed by atoms with Crippen molar-refractivity contribution in [3.8, 4) is 11.1 Å². The summed E-state index contributed by atoms with van der Waals surface area (Å²) < 4.78 is 5.50. The molecule has 1 aliphatic rings. The molecule has 1 amide bonds. The van der Waals surface area contributed by atoms with Gasteiger partial charge >= 0.3 is 12.1 Å². The van der Waals surface area contributed by atoms with E-state index in [0.717, 1.165) is 6.42 Å². The van der Waals surface area contributed by atoms with E-state index in [-0.39, 0.29) is 24.5 Å². The van der Waals surface area contributed by atoms with E-state index in [2.05, 4.69) is 50.4 Å². The third kappa shape index (κ3) is 5.41. The summed E-state index contributed by atoms with van der Waals surface area (Å²) >= 11 is 0. The summed E-state index contributed by atoms with van der Waals surface area (Å²) in [5.41, 5.74) is 4.79. The smallest absolute Gasteiger partial charge is 0.407 e. The van der Waals surface area contributed by atoms with Crippen molar-refractivity contribution in [1.29, 1.82) is 0 Å². The van der Waals surface area contributed by atoms with Gasteiger partial charge in [-0.25, -0.2) is 4.79 Å². The average molecular weight is 410 g/mol. The maximum Gasteiger partial charge on any atom is 0.407 e. The van der Waals surface area contributed by atoms with Gasteiger partial charge in [0.1, 0.15) is 6.61 Å². The zero-order valence-electron chi connectivity index (χ0n) is 18.0. The fourth-order valence-electron chi connectivity index (χ4n) is 4.00. The number of amides is 1. The number of carbonyl (C=O) groups excluding carboxylic acids is 1. The second-order valence-corrected chi connectivity index (χ2v) is 9.18. The van der Waals surface area contributed by atoms with E-state index in [1.807, 2.05) is 24.3 Å². The highest BCUT2D eigenvalue weighted by Gasteiger charge is 2.29. The topological polar surface area (TPSA) is 75.6 Å². The highest BCUT2D eigenvalue weighted by atomic mass is 16.5. The van der Waals surface area contributed by atoms with Gasteiger partial charge in [0.15, 0.2) is 0 Å². The molecule has 0 fully saturated rings. The van der Waals surface area contributed by atoms with Gasteiger partial charge in [-0.05, 0) is 46.9 Å². The molecule has 0 bridgehead atoms. The van der Waals surface area contributed by atoms with Gasteiger partial charge in [0.2, 0.25) is 0 Å². The van der Waals surface area contributed by atoms with Crippen molar-refractivity contribution in [1.82, 2.24) is 5.32 Å². The molecule has 0 spiro atoms. The number of carboxylic acids is 1. The van der Waals surface area contributed by atoms with Crippen LogP contribution in [0.4, 0.5) is 4.79 Å². The van der Waals surface area contributed by atoms with Crippen molar-refractivity contribution in [2.24, 2.45) is 11.3 Å². The Kier molecular flexibility index (Phi) is 6.80. The van der Waals surface area contributed by atoms with Crippen LogP contribution in [0.15, 0.2) is 48.5 Å². The molecule has 30 heavy (non-hydrogen) atoms. The minimum atomic E-state index is -0.811. The molecule has 1 aliphatic carbocycles. The third-order valence-corrected chi connectivity index (χ3v) is 5.70. The van der Waals surface area contributed by atoms with Crippen LogP contribution >= 0.6 is 0 Å². The Balaban J connectivity index is 1.51. The van der Waals surface area contributed by atoms with Crippen LogP contribution in [-0.4, -0.2) is 30.3 Å². The van der Waals surface area contributed by atoms with Crippen molar-refractivity contribution in [3.63, 3.8) is 0 Å². The van der Waals surface area contributed by atoms with Gasteiger partial charge < -0.3 is 15.2 Å². The largest absolute Gasteiger partial charge is 0.481 e. The van der Waals surface area contributed by atoms with Gasteiger partial charge in [0.25, 0.3) is 0 Å². The number of carbonyl (C=O) groups is 2. The lowest BCUT2D eigenvalue weighted by molar-refractivity contribution is -0.142. The number of fused-ring (bicyclic) bond motifs is 3. The lowest BCUT2D eigenvalue weighted by atomic mass is 9.86. The number of carboxylic acid groups (broad SMARTS) is 1. The van der Waals surface area contributed by atoms with Crippen LogP contribution in [0.5, 0.6) is 0 Å². The van der Waals surface area contributed by atoms with E-state index in [0.29, 0.717) is 12.8 Å². The van der Waals surface area contributed by atoms with Crippen LogP contribution in [0.25, 0.3) is 11.1 Å². The number of hydrogen-bond donors (Lipinski definition) is 2. The summed E-state index contributed by atoms with van der Waals surface area (Å²) in [4.78, 5) is 23.7. The maximum atomic E-state index is 12.2. The number of nitrogens with one attached hydrogen (secondary N) is 1. The van der Waals surface area contributed by atoms with Crippen molar-refractivity contribution in [2.45, 2.75) is 46.0 Å². The van der Waals surface area contributed by atoms with Gasteiger partial charge in [-0.15, -0.1) is 0 Å². The Hall–Kier alpha value is -2.82. The number of alkyl carbamates (subject to hydrolysis) is 1. The molecular weight excluding hydrogens is 378 g/mol. The first-order valence-corrected chi connectivity index (χ1v) is 10.6. The molecule has 0 saturated carbocycles. The highest BCUT2D eigenvalue weighted by Crippen LogP contribution is 2.44. The molecule has 1 atom stereocenters. The first-order chi connectivity index (χ1) is 14.3. The molecule has 0 radical (unpaired) electrons. The van der Waals surface area contributed by atoms with E-state index in [9.17, 15) is 14.7 Å². The van der Waals surface area contributed by atoms with Gasteiger partial charge in [-0.3, -0.25) is 4.79 Å². The predicted octanol–water partition coefficient (Wildman–Crippen LogP) is 5.44. The van der Waals surface area contributed by atoms with Crippen molar-refractivity contribution < 1.29 is 19.4 Å². The van der Waals surface area contributed by atoms with E-state index in [1.165, 1.54) is 22.3 Å². The number of hydrogen-bond acceptors (Lipinski definition) is 3. The van der Waals surface area contributed by atoms with Crippen molar-refractivity contribution in [3.05, 3.63) is 59.7 Å². The minimum Gasteiger partial charge on any atom is -0.481 e. The Morgan fingerprint density at radius 3 is 2.10 bits per heavy atom. The summed E-state index contributed by atoms with van der Waals surface area (Å²) in [5.74, 6) is -1.26. The zero-order valence-corrected chi connectivity index (χ0v) is 18.0. The number of rotatable bonds is 8. The van der Waals surface area contributed by atoms with Crippen LogP contribution < -0.4 is 5.32 Å². The molecule has 5 heteroatoms.